The number of fused-ring (bicyclic) bond motifs is 1. The normalized spacial score (nSPS) is 10.9. The molecule has 0 aliphatic rings. The Morgan fingerprint density at radius 2 is 1.70 bits per heavy atom. The molecule has 2 aromatic carbocycles. The van der Waals surface area contributed by atoms with Crippen molar-refractivity contribution in [2.24, 2.45) is 0 Å². The summed E-state index contributed by atoms with van der Waals surface area (Å²) < 4.78 is 1.77. The van der Waals surface area contributed by atoms with E-state index in [2.05, 4.69) is 53.5 Å². The zero-order valence-electron chi connectivity index (χ0n) is 15.5. The van der Waals surface area contributed by atoms with Gasteiger partial charge in [0, 0.05) is 23.7 Å². The average molecular weight is 356 g/mol. The van der Waals surface area contributed by atoms with Gasteiger partial charge >= 0.3 is 0 Å². The second-order valence-electron chi connectivity index (χ2n) is 6.63. The van der Waals surface area contributed by atoms with Crippen LogP contribution in [0.3, 0.4) is 0 Å². The van der Waals surface area contributed by atoms with Crippen molar-refractivity contribution in [2.45, 2.75) is 13.8 Å². The lowest BCUT2D eigenvalue weighted by molar-refractivity contribution is 0.0963. The smallest absolute Gasteiger partial charge is 0.251 e. The van der Waals surface area contributed by atoms with E-state index in [9.17, 15) is 4.79 Å². The largest absolute Gasteiger partial charge is 0.355 e. The first kappa shape index (κ1) is 17.0. The molecule has 0 atom stereocenters. The first-order valence-electron chi connectivity index (χ1n) is 8.81. The van der Waals surface area contributed by atoms with Crippen LogP contribution in [0, 0.1) is 13.8 Å². The van der Waals surface area contributed by atoms with E-state index in [1.807, 2.05) is 24.3 Å². The molecule has 1 N–H and O–H groups in total. The molecule has 2 heterocycles. The Balaban J connectivity index is 1.75. The van der Waals surface area contributed by atoms with E-state index < -0.39 is 0 Å². The fourth-order valence-corrected chi connectivity index (χ4v) is 3.07. The number of rotatable bonds is 3. The number of hydrogen-bond donors (Lipinski definition) is 1. The van der Waals surface area contributed by atoms with Crippen molar-refractivity contribution < 1.29 is 4.79 Å². The summed E-state index contributed by atoms with van der Waals surface area (Å²) in [6.45, 7) is 4.21. The summed E-state index contributed by atoms with van der Waals surface area (Å²) in [7, 11) is 1.62. The van der Waals surface area contributed by atoms with Gasteiger partial charge in [0.25, 0.3) is 5.91 Å². The van der Waals surface area contributed by atoms with E-state index in [0.29, 0.717) is 5.56 Å². The van der Waals surface area contributed by atoms with E-state index in [-0.39, 0.29) is 5.91 Å². The molecule has 2 aromatic heterocycles. The molecule has 0 spiro atoms. The number of carbonyl (C=O) groups excluding carboxylic acids is 1. The van der Waals surface area contributed by atoms with Crippen LogP contribution in [-0.2, 0) is 0 Å². The number of amides is 1. The molecular weight excluding hydrogens is 336 g/mol. The van der Waals surface area contributed by atoms with Gasteiger partial charge in [-0.1, -0.05) is 24.3 Å². The first-order valence-corrected chi connectivity index (χ1v) is 8.81. The van der Waals surface area contributed by atoms with Gasteiger partial charge in [0.15, 0.2) is 0 Å². The number of nitrogens with zero attached hydrogens (tertiary/aromatic N) is 3. The third-order valence-corrected chi connectivity index (χ3v) is 4.81. The van der Waals surface area contributed by atoms with Gasteiger partial charge < -0.3 is 5.32 Å². The number of carbonyl (C=O) groups is 1. The van der Waals surface area contributed by atoms with E-state index in [1.54, 1.807) is 24.0 Å². The van der Waals surface area contributed by atoms with Crippen LogP contribution >= 0.6 is 0 Å². The van der Waals surface area contributed by atoms with Crippen molar-refractivity contribution >= 4 is 11.4 Å². The Bertz CT molecular complexity index is 1160. The summed E-state index contributed by atoms with van der Waals surface area (Å²) in [5.74, 6) is -0.112. The maximum Gasteiger partial charge on any atom is 0.251 e. The van der Waals surface area contributed by atoms with Gasteiger partial charge in [-0.2, -0.15) is 5.10 Å². The van der Waals surface area contributed by atoms with Crippen molar-refractivity contribution in [3.63, 3.8) is 0 Å². The summed E-state index contributed by atoms with van der Waals surface area (Å²) in [4.78, 5) is 16.4. The third-order valence-electron chi connectivity index (χ3n) is 4.81. The Labute approximate surface area is 157 Å². The zero-order valence-corrected chi connectivity index (χ0v) is 15.5. The molecule has 27 heavy (non-hydrogen) atoms. The molecule has 0 aliphatic carbocycles. The molecular formula is C22H20N4O. The van der Waals surface area contributed by atoms with Gasteiger partial charge in [0.2, 0.25) is 0 Å². The second-order valence-corrected chi connectivity index (χ2v) is 6.63. The van der Waals surface area contributed by atoms with Crippen LogP contribution in [0.25, 0.3) is 28.0 Å². The number of nitrogens with one attached hydrogen (secondary N) is 1. The summed E-state index contributed by atoms with van der Waals surface area (Å²) in [5.41, 5.74) is 7.78. The van der Waals surface area contributed by atoms with Crippen LogP contribution < -0.4 is 5.32 Å². The Hall–Kier alpha value is -3.47. The fraction of sp³-hybridized carbons (Fsp3) is 0.136. The molecule has 0 aliphatic heterocycles. The zero-order chi connectivity index (χ0) is 19.0. The van der Waals surface area contributed by atoms with E-state index in [0.717, 1.165) is 28.0 Å². The highest BCUT2D eigenvalue weighted by atomic mass is 16.1. The third kappa shape index (κ3) is 3.19. The summed E-state index contributed by atoms with van der Waals surface area (Å²) in [6.07, 6.45) is 1.71. The Morgan fingerprint density at radius 3 is 2.48 bits per heavy atom. The molecule has 5 heteroatoms. The lowest BCUT2D eigenvalue weighted by Crippen LogP contribution is -2.17. The van der Waals surface area contributed by atoms with Crippen LogP contribution in [-0.4, -0.2) is 27.6 Å². The molecule has 5 nitrogen and oxygen atoms in total. The SMILES string of the molecule is CNC(=O)c1cccc(-c2cc3cc(-c4ccc(C)c(C)c4)nn3cn2)c1. The number of benzene rings is 2. The fourth-order valence-electron chi connectivity index (χ4n) is 3.07. The number of hydrogen-bond acceptors (Lipinski definition) is 3. The van der Waals surface area contributed by atoms with E-state index >= 15 is 0 Å². The number of aryl methyl sites for hydroxylation is 2. The molecule has 4 aromatic rings. The van der Waals surface area contributed by atoms with Gasteiger partial charge in [-0.25, -0.2) is 9.50 Å². The van der Waals surface area contributed by atoms with Gasteiger partial charge in [-0.05, 0) is 55.3 Å². The maximum atomic E-state index is 11.9. The minimum absolute atomic E-state index is 0.112. The highest BCUT2D eigenvalue weighted by Gasteiger charge is 2.10. The van der Waals surface area contributed by atoms with Crippen molar-refractivity contribution in [1.29, 1.82) is 0 Å². The van der Waals surface area contributed by atoms with Crippen LogP contribution in [0.5, 0.6) is 0 Å². The van der Waals surface area contributed by atoms with Crippen LogP contribution in [0.2, 0.25) is 0 Å². The molecule has 0 bridgehead atoms. The minimum Gasteiger partial charge on any atom is -0.355 e. The molecule has 0 saturated carbocycles. The second kappa shape index (κ2) is 6.68. The average Bonchev–Trinajstić information content (AvgIpc) is 3.13. The predicted octanol–water partition coefficient (Wildman–Crippen LogP) is 4.04. The minimum atomic E-state index is -0.112. The number of aromatic nitrogens is 3. The quantitative estimate of drug-likeness (QED) is 0.603. The summed E-state index contributed by atoms with van der Waals surface area (Å²) in [5, 5.41) is 7.28. The Morgan fingerprint density at radius 1 is 0.926 bits per heavy atom. The lowest BCUT2D eigenvalue weighted by Gasteiger charge is -2.04. The van der Waals surface area contributed by atoms with Gasteiger partial charge in [-0.3, -0.25) is 4.79 Å². The van der Waals surface area contributed by atoms with Crippen molar-refractivity contribution in [3.05, 3.63) is 77.6 Å². The molecule has 4 rings (SSSR count). The van der Waals surface area contributed by atoms with Gasteiger partial charge in [0.05, 0.1) is 16.9 Å². The molecule has 0 saturated heterocycles. The van der Waals surface area contributed by atoms with Crippen molar-refractivity contribution in [1.82, 2.24) is 19.9 Å². The van der Waals surface area contributed by atoms with E-state index in [4.69, 9.17) is 0 Å². The molecule has 0 radical (unpaired) electrons. The molecule has 0 unspecified atom stereocenters. The monoisotopic (exact) mass is 356 g/mol. The van der Waals surface area contributed by atoms with Crippen molar-refractivity contribution in [2.75, 3.05) is 7.05 Å². The molecule has 0 fully saturated rings. The van der Waals surface area contributed by atoms with Crippen molar-refractivity contribution in [3.8, 4) is 22.5 Å². The maximum absolute atomic E-state index is 11.9. The summed E-state index contributed by atoms with van der Waals surface area (Å²) >= 11 is 0. The highest BCUT2D eigenvalue weighted by molar-refractivity contribution is 5.95. The predicted molar refractivity (Wildman–Crippen MR) is 107 cm³/mol. The van der Waals surface area contributed by atoms with Gasteiger partial charge in [-0.15, -0.1) is 0 Å². The van der Waals surface area contributed by atoms with Crippen LogP contribution in [0.15, 0.2) is 60.9 Å². The van der Waals surface area contributed by atoms with Crippen LogP contribution in [0.4, 0.5) is 0 Å². The lowest BCUT2D eigenvalue weighted by atomic mass is 10.0. The topological polar surface area (TPSA) is 59.3 Å². The standard InChI is InChI=1S/C22H20N4O/c1-14-7-8-17(9-15(14)2)21-12-19-11-20(24-13-26(19)25-21)16-5-4-6-18(10-16)22(27)23-3/h4-13H,1-3H3,(H,23,27). The molecule has 134 valence electrons. The first-order chi connectivity index (χ1) is 13.0. The van der Waals surface area contributed by atoms with E-state index in [1.165, 1.54) is 11.1 Å². The Kier molecular flexibility index (Phi) is 4.20. The summed E-state index contributed by atoms with van der Waals surface area (Å²) in [6, 6.07) is 17.8. The molecule has 1 amide bonds. The highest BCUT2D eigenvalue weighted by Crippen LogP contribution is 2.25. The van der Waals surface area contributed by atoms with Gasteiger partial charge in [0.1, 0.15) is 6.33 Å². The van der Waals surface area contributed by atoms with Crippen LogP contribution in [0.1, 0.15) is 21.5 Å².